The van der Waals surface area contributed by atoms with Crippen LogP contribution < -0.4 is 5.32 Å². The number of benzene rings is 1. The summed E-state index contributed by atoms with van der Waals surface area (Å²) in [4.78, 5) is 12.7. The van der Waals surface area contributed by atoms with E-state index in [1.54, 1.807) is 18.2 Å². The van der Waals surface area contributed by atoms with Gasteiger partial charge in [0.15, 0.2) is 9.84 Å². The summed E-state index contributed by atoms with van der Waals surface area (Å²) in [5, 5.41) is 3.07. The maximum atomic E-state index is 12.6. The van der Waals surface area contributed by atoms with Crippen molar-refractivity contribution in [2.75, 3.05) is 12.8 Å². The van der Waals surface area contributed by atoms with Gasteiger partial charge in [0.05, 0.1) is 10.5 Å². The largest absolute Gasteiger partial charge is 0.351 e. The third-order valence-corrected chi connectivity index (χ3v) is 7.48. The molecule has 4 aliphatic carbocycles. The second kappa shape index (κ2) is 5.58. The Kier molecular flexibility index (Phi) is 3.75. The highest BCUT2D eigenvalue weighted by Crippen LogP contribution is 2.59. The van der Waals surface area contributed by atoms with Gasteiger partial charge in [0.2, 0.25) is 0 Å². The summed E-state index contributed by atoms with van der Waals surface area (Å²) in [7, 11) is -3.40. The predicted molar refractivity (Wildman–Crippen MR) is 92.5 cm³/mol. The second-order valence-electron chi connectivity index (χ2n) is 8.37. The van der Waals surface area contributed by atoms with Crippen LogP contribution in [0.25, 0.3) is 0 Å². The zero-order chi connectivity index (χ0) is 16.9. The van der Waals surface area contributed by atoms with Gasteiger partial charge in [0.1, 0.15) is 0 Å². The fraction of sp³-hybridized carbons (Fsp3) is 0.632. The van der Waals surface area contributed by atoms with Gasteiger partial charge in [-0.2, -0.15) is 0 Å². The third kappa shape index (κ3) is 2.87. The summed E-state index contributed by atoms with van der Waals surface area (Å²) >= 11 is 0. The summed E-state index contributed by atoms with van der Waals surface area (Å²) in [6.07, 6.45) is 8.98. The van der Waals surface area contributed by atoms with E-state index in [4.69, 9.17) is 0 Å². The molecule has 130 valence electrons. The quantitative estimate of drug-likeness (QED) is 0.910. The van der Waals surface area contributed by atoms with E-state index in [2.05, 4.69) is 5.32 Å². The van der Waals surface area contributed by atoms with Crippen LogP contribution in [0.2, 0.25) is 0 Å². The average Bonchev–Trinajstić information content (AvgIpc) is 2.50. The average molecular weight is 347 g/mol. The van der Waals surface area contributed by atoms with Crippen molar-refractivity contribution < 1.29 is 13.2 Å². The van der Waals surface area contributed by atoms with E-state index < -0.39 is 9.84 Å². The molecule has 4 fully saturated rings. The van der Waals surface area contributed by atoms with E-state index in [0.717, 1.165) is 24.0 Å². The maximum absolute atomic E-state index is 12.6. The number of hydrogen-bond donors (Lipinski definition) is 1. The van der Waals surface area contributed by atoms with Crippen LogP contribution in [0, 0.1) is 23.2 Å². The third-order valence-electron chi connectivity index (χ3n) is 6.32. The molecule has 4 aliphatic rings. The number of sulfone groups is 1. The highest BCUT2D eigenvalue weighted by molar-refractivity contribution is 7.90. The molecule has 5 rings (SSSR count). The minimum absolute atomic E-state index is 0.119. The van der Waals surface area contributed by atoms with Crippen LogP contribution in [0.4, 0.5) is 0 Å². The van der Waals surface area contributed by atoms with E-state index >= 15 is 0 Å². The summed E-state index contributed by atoms with van der Waals surface area (Å²) in [6, 6.07) is 6.49. The molecule has 4 nitrogen and oxygen atoms in total. The molecule has 0 spiro atoms. The van der Waals surface area contributed by atoms with E-state index in [9.17, 15) is 13.2 Å². The van der Waals surface area contributed by atoms with Crippen molar-refractivity contribution in [1.29, 1.82) is 0 Å². The van der Waals surface area contributed by atoms with Gasteiger partial charge in [0, 0.05) is 12.8 Å². The summed E-state index contributed by atoms with van der Waals surface area (Å²) in [5.41, 5.74) is 0.523. The number of carbonyl (C=O) groups excluding carboxylic acids is 1. The lowest BCUT2D eigenvalue weighted by atomic mass is 9.49. The molecule has 1 aromatic carbocycles. The molecule has 4 saturated carbocycles. The minimum Gasteiger partial charge on any atom is -0.351 e. The van der Waals surface area contributed by atoms with Crippen molar-refractivity contribution in [1.82, 2.24) is 5.32 Å². The maximum Gasteiger partial charge on any atom is 0.252 e. The zero-order valence-corrected chi connectivity index (χ0v) is 14.9. The van der Waals surface area contributed by atoms with Gasteiger partial charge < -0.3 is 5.32 Å². The van der Waals surface area contributed by atoms with Crippen molar-refractivity contribution in [3.63, 3.8) is 0 Å². The predicted octanol–water partition coefficient (Wildman–Crippen LogP) is 3.04. The van der Waals surface area contributed by atoms with Gasteiger partial charge in [-0.1, -0.05) is 12.1 Å². The first-order valence-corrected chi connectivity index (χ1v) is 10.8. The van der Waals surface area contributed by atoms with Crippen molar-refractivity contribution >= 4 is 15.7 Å². The van der Waals surface area contributed by atoms with E-state index in [-0.39, 0.29) is 21.8 Å². The fourth-order valence-corrected chi connectivity index (χ4v) is 6.73. The molecule has 0 heterocycles. The highest BCUT2D eigenvalue weighted by atomic mass is 32.2. The molecule has 0 saturated heterocycles. The molecule has 1 N–H and O–H groups in total. The van der Waals surface area contributed by atoms with Crippen molar-refractivity contribution in [3.8, 4) is 0 Å². The first kappa shape index (κ1) is 16.1. The van der Waals surface area contributed by atoms with Gasteiger partial charge >= 0.3 is 0 Å². The van der Waals surface area contributed by atoms with E-state index in [1.165, 1.54) is 44.6 Å². The fourth-order valence-electron chi connectivity index (χ4n) is 5.85. The lowest BCUT2D eigenvalue weighted by Crippen LogP contribution is -2.51. The Morgan fingerprint density at radius 3 is 2.17 bits per heavy atom. The van der Waals surface area contributed by atoms with Crippen LogP contribution in [0.1, 0.15) is 48.9 Å². The minimum atomic E-state index is -3.40. The molecule has 1 aromatic rings. The molecule has 24 heavy (non-hydrogen) atoms. The molecule has 5 heteroatoms. The van der Waals surface area contributed by atoms with Crippen LogP contribution in [0.15, 0.2) is 29.2 Å². The summed E-state index contributed by atoms with van der Waals surface area (Å²) < 4.78 is 23.8. The normalized spacial score (nSPS) is 34.3. The Hall–Kier alpha value is -1.36. The Bertz CT molecular complexity index is 733. The van der Waals surface area contributed by atoms with Crippen LogP contribution in [-0.4, -0.2) is 27.1 Å². The van der Waals surface area contributed by atoms with Crippen LogP contribution in [-0.2, 0) is 9.84 Å². The van der Waals surface area contributed by atoms with Gasteiger partial charge in [-0.25, -0.2) is 8.42 Å². The van der Waals surface area contributed by atoms with Gasteiger partial charge in [-0.3, -0.25) is 4.79 Å². The number of carbonyl (C=O) groups is 1. The Morgan fingerprint density at radius 1 is 1.08 bits per heavy atom. The molecular weight excluding hydrogens is 322 g/mol. The molecule has 0 aliphatic heterocycles. The van der Waals surface area contributed by atoms with Crippen LogP contribution in [0.3, 0.4) is 0 Å². The summed E-state index contributed by atoms with van der Waals surface area (Å²) in [6.45, 7) is 0.688. The Balaban J connectivity index is 1.50. The van der Waals surface area contributed by atoms with E-state index in [0.29, 0.717) is 6.54 Å². The standard InChI is InChI=1S/C19H25NO3S/c1-24(22,23)17-5-3-2-4-16(17)18(21)20-12-19-9-13-6-14(10-19)8-15(7-13)11-19/h2-5,13-15H,6-12H2,1H3,(H,20,21). The molecular formula is C19H25NO3S. The van der Waals surface area contributed by atoms with Crippen molar-refractivity contribution in [2.24, 2.45) is 23.2 Å². The summed E-state index contributed by atoms with van der Waals surface area (Å²) in [5.74, 6) is 2.27. The van der Waals surface area contributed by atoms with Gasteiger partial charge in [-0.05, 0) is 73.8 Å². The monoisotopic (exact) mass is 347 g/mol. The Morgan fingerprint density at radius 2 is 1.62 bits per heavy atom. The van der Waals surface area contributed by atoms with Crippen molar-refractivity contribution in [2.45, 2.75) is 43.4 Å². The molecule has 0 atom stereocenters. The molecule has 4 bridgehead atoms. The smallest absolute Gasteiger partial charge is 0.252 e. The number of amides is 1. The lowest BCUT2D eigenvalue weighted by molar-refractivity contribution is -0.0503. The Labute approximate surface area is 143 Å². The topological polar surface area (TPSA) is 63.2 Å². The SMILES string of the molecule is CS(=O)(=O)c1ccccc1C(=O)NCC12CC3CC(CC(C3)C1)C2. The van der Waals surface area contributed by atoms with Crippen molar-refractivity contribution in [3.05, 3.63) is 29.8 Å². The van der Waals surface area contributed by atoms with Gasteiger partial charge in [-0.15, -0.1) is 0 Å². The number of nitrogens with one attached hydrogen (secondary N) is 1. The molecule has 1 amide bonds. The highest BCUT2D eigenvalue weighted by Gasteiger charge is 2.50. The number of rotatable bonds is 4. The van der Waals surface area contributed by atoms with Crippen LogP contribution in [0.5, 0.6) is 0 Å². The van der Waals surface area contributed by atoms with Crippen LogP contribution >= 0.6 is 0 Å². The molecule has 0 unspecified atom stereocenters. The van der Waals surface area contributed by atoms with E-state index in [1.807, 2.05) is 0 Å². The molecule has 0 aromatic heterocycles. The molecule has 0 radical (unpaired) electrons. The number of hydrogen-bond acceptors (Lipinski definition) is 3. The first-order valence-electron chi connectivity index (χ1n) is 8.92. The lowest BCUT2D eigenvalue weighted by Gasteiger charge is -2.56. The second-order valence-corrected chi connectivity index (χ2v) is 10.4. The first-order chi connectivity index (χ1) is 11.3. The zero-order valence-electron chi connectivity index (χ0n) is 14.1. The van der Waals surface area contributed by atoms with Gasteiger partial charge in [0.25, 0.3) is 5.91 Å².